The molecule has 0 saturated heterocycles. The van der Waals surface area contributed by atoms with E-state index >= 15 is 0 Å². The van der Waals surface area contributed by atoms with E-state index in [1.165, 1.54) is 17.8 Å². The highest BCUT2D eigenvalue weighted by Gasteiger charge is 2.16. The zero-order chi connectivity index (χ0) is 19.4. The zero-order valence-corrected chi connectivity index (χ0v) is 16.9. The summed E-state index contributed by atoms with van der Waals surface area (Å²) in [7, 11) is -3.75. The molecule has 1 aromatic carbocycles. The first-order valence-electron chi connectivity index (χ1n) is 8.70. The van der Waals surface area contributed by atoms with E-state index < -0.39 is 10.0 Å². The number of rotatable bonds is 7. The molecular weight excluding hydrogens is 378 g/mol. The molecule has 0 fully saturated rings. The molecule has 0 bridgehead atoms. The summed E-state index contributed by atoms with van der Waals surface area (Å²) in [6.07, 6.45) is 2.32. The Morgan fingerprint density at radius 1 is 1.11 bits per heavy atom. The normalized spacial score (nSPS) is 12.9. The van der Waals surface area contributed by atoms with Gasteiger partial charge in [-0.05, 0) is 47.0 Å². The summed E-state index contributed by atoms with van der Waals surface area (Å²) in [6.45, 7) is 4.42. The fraction of sp³-hybridized carbons (Fsp3) is 0.250. The molecule has 1 atom stereocenters. The number of sulfonamides is 1. The molecule has 0 spiro atoms. The van der Waals surface area contributed by atoms with E-state index in [4.69, 9.17) is 5.14 Å². The maximum absolute atomic E-state index is 11.4. The number of nitrogens with zero attached hydrogens (tertiary/aromatic N) is 1. The van der Waals surface area contributed by atoms with Crippen molar-refractivity contribution < 1.29 is 8.42 Å². The molecule has 0 aliphatic heterocycles. The van der Waals surface area contributed by atoms with Gasteiger partial charge in [-0.1, -0.05) is 44.2 Å². The van der Waals surface area contributed by atoms with Crippen LogP contribution in [0.1, 0.15) is 35.9 Å². The van der Waals surface area contributed by atoms with Crippen LogP contribution in [-0.4, -0.2) is 13.4 Å². The second kappa shape index (κ2) is 8.21. The van der Waals surface area contributed by atoms with Gasteiger partial charge in [-0.2, -0.15) is 0 Å². The van der Waals surface area contributed by atoms with Gasteiger partial charge in [0.15, 0.2) is 0 Å². The van der Waals surface area contributed by atoms with Crippen molar-refractivity contribution in [3.63, 3.8) is 0 Å². The van der Waals surface area contributed by atoms with Gasteiger partial charge in [0, 0.05) is 11.1 Å². The van der Waals surface area contributed by atoms with Crippen LogP contribution in [-0.2, 0) is 16.4 Å². The Labute approximate surface area is 164 Å². The smallest absolute Gasteiger partial charge is 0.239 e. The summed E-state index contributed by atoms with van der Waals surface area (Å²) in [5, 5.41) is 10.6. The largest absolute Gasteiger partial charge is 0.358 e. The Balaban J connectivity index is 1.86. The summed E-state index contributed by atoms with van der Waals surface area (Å²) in [6, 6.07) is 15.7. The Hall–Kier alpha value is -2.22. The van der Waals surface area contributed by atoms with Crippen LogP contribution >= 0.6 is 11.3 Å². The Morgan fingerprint density at radius 3 is 2.37 bits per heavy atom. The number of anilines is 1. The fourth-order valence-corrected chi connectivity index (χ4v) is 4.13. The average Bonchev–Trinajstić information content (AvgIpc) is 3.14. The number of primary sulfonamides is 1. The maximum atomic E-state index is 11.4. The summed E-state index contributed by atoms with van der Waals surface area (Å²) >= 11 is 1.66. The van der Waals surface area contributed by atoms with Crippen molar-refractivity contribution in [2.75, 3.05) is 5.32 Å². The third-order valence-electron chi connectivity index (χ3n) is 4.14. The summed E-state index contributed by atoms with van der Waals surface area (Å²) in [5.41, 5.74) is 2.44. The second-order valence-corrected chi connectivity index (χ2v) is 9.40. The van der Waals surface area contributed by atoms with Gasteiger partial charge in [0.1, 0.15) is 10.7 Å². The number of pyridine rings is 1. The van der Waals surface area contributed by atoms with Crippen LogP contribution in [0.4, 0.5) is 5.82 Å². The molecule has 0 aliphatic rings. The Morgan fingerprint density at radius 2 is 1.85 bits per heavy atom. The van der Waals surface area contributed by atoms with Crippen LogP contribution in [0, 0.1) is 5.92 Å². The minimum Gasteiger partial charge on any atom is -0.358 e. The van der Waals surface area contributed by atoms with E-state index in [2.05, 4.69) is 54.5 Å². The van der Waals surface area contributed by atoms with Gasteiger partial charge < -0.3 is 5.32 Å². The predicted molar refractivity (Wildman–Crippen MR) is 110 cm³/mol. The number of benzene rings is 1. The summed E-state index contributed by atoms with van der Waals surface area (Å²) in [4.78, 5) is 5.37. The molecule has 2 heterocycles. The van der Waals surface area contributed by atoms with Gasteiger partial charge in [0.05, 0.1) is 6.04 Å². The van der Waals surface area contributed by atoms with Gasteiger partial charge in [-0.3, -0.25) is 0 Å². The first-order valence-corrected chi connectivity index (χ1v) is 11.1. The van der Waals surface area contributed by atoms with Crippen molar-refractivity contribution in [2.24, 2.45) is 11.1 Å². The highest BCUT2D eigenvalue weighted by molar-refractivity contribution is 7.89. The van der Waals surface area contributed by atoms with Crippen molar-refractivity contribution in [3.05, 3.63) is 76.1 Å². The molecular formula is C20H23N3O2S2. The lowest BCUT2D eigenvalue weighted by atomic mass is 9.99. The van der Waals surface area contributed by atoms with Gasteiger partial charge in [0.2, 0.25) is 10.0 Å². The minimum atomic E-state index is -3.75. The van der Waals surface area contributed by atoms with E-state index in [1.54, 1.807) is 17.4 Å². The molecule has 0 saturated carbocycles. The van der Waals surface area contributed by atoms with E-state index in [0.717, 1.165) is 16.9 Å². The lowest BCUT2D eigenvalue weighted by molar-refractivity contribution is 0.597. The summed E-state index contributed by atoms with van der Waals surface area (Å²) in [5.74, 6) is 1.20. The van der Waals surface area contributed by atoms with Crippen LogP contribution in [0.25, 0.3) is 0 Å². The van der Waals surface area contributed by atoms with Gasteiger partial charge in [-0.15, -0.1) is 11.3 Å². The molecule has 27 heavy (non-hydrogen) atoms. The number of aromatic nitrogens is 1. The molecule has 2 aromatic heterocycles. The van der Waals surface area contributed by atoms with Crippen LogP contribution < -0.4 is 10.5 Å². The van der Waals surface area contributed by atoms with Crippen molar-refractivity contribution >= 4 is 27.2 Å². The number of thiophene rings is 1. The lowest BCUT2D eigenvalue weighted by Crippen LogP contribution is -2.14. The van der Waals surface area contributed by atoms with E-state index in [0.29, 0.717) is 11.7 Å². The average molecular weight is 402 g/mol. The summed E-state index contributed by atoms with van der Waals surface area (Å²) < 4.78 is 22.8. The van der Waals surface area contributed by atoms with Crippen LogP contribution in [0.5, 0.6) is 0 Å². The van der Waals surface area contributed by atoms with Crippen LogP contribution in [0.2, 0.25) is 0 Å². The van der Waals surface area contributed by atoms with E-state index in [9.17, 15) is 8.42 Å². The van der Waals surface area contributed by atoms with Gasteiger partial charge >= 0.3 is 0 Å². The number of hydrogen-bond acceptors (Lipinski definition) is 5. The third kappa shape index (κ3) is 5.15. The molecule has 0 unspecified atom stereocenters. The van der Waals surface area contributed by atoms with Crippen molar-refractivity contribution in [1.82, 2.24) is 4.98 Å². The van der Waals surface area contributed by atoms with E-state index in [-0.39, 0.29) is 10.9 Å². The monoisotopic (exact) mass is 401 g/mol. The van der Waals surface area contributed by atoms with Crippen molar-refractivity contribution in [2.45, 2.75) is 31.2 Å². The molecule has 7 heteroatoms. The first-order chi connectivity index (χ1) is 12.8. The number of hydrogen-bond donors (Lipinski definition) is 2. The topological polar surface area (TPSA) is 85.1 Å². The van der Waals surface area contributed by atoms with Crippen molar-refractivity contribution in [3.8, 4) is 0 Å². The van der Waals surface area contributed by atoms with Gasteiger partial charge in [-0.25, -0.2) is 18.5 Å². The minimum absolute atomic E-state index is 0.00115. The quantitative estimate of drug-likeness (QED) is 0.622. The zero-order valence-electron chi connectivity index (χ0n) is 15.3. The molecule has 0 amide bonds. The fourth-order valence-electron chi connectivity index (χ4n) is 2.87. The molecule has 3 aromatic rings. The Bertz CT molecular complexity index is 965. The highest BCUT2D eigenvalue weighted by Crippen LogP contribution is 2.30. The standard InChI is InChI=1S/C20H23N3O2S2/c1-14(2)12-15-5-7-16(8-6-15)20(18-4-3-11-26-18)23-19-10-9-17(13-22-19)27(21,24)25/h3-11,13-14,20H,12H2,1-2H3,(H,22,23)(H2,21,24,25)/t20-/m0/s1. The first kappa shape index (κ1) is 19.5. The SMILES string of the molecule is CC(C)Cc1ccc([C@H](Nc2ccc(S(N)(=O)=O)cn2)c2cccs2)cc1. The molecule has 3 rings (SSSR count). The molecule has 0 aliphatic carbocycles. The lowest BCUT2D eigenvalue weighted by Gasteiger charge is -2.19. The molecule has 3 N–H and O–H groups in total. The second-order valence-electron chi connectivity index (χ2n) is 6.86. The van der Waals surface area contributed by atoms with Crippen LogP contribution in [0.15, 0.2) is 65.0 Å². The van der Waals surface area contributed by atoms with Crippen molar-refractivity contribution in [1.29, 1.82) is 0 Å². The predicted octanol–water partition coefficient (Wildman–Crippen LogP) is 4.19. The molecule has 0 radical (unpaired) electrons. The highest BCUT2D eigenvalue weighted by atomic mass is 32.2. The van der Waals surface area contributed by atoms with Crippen LogP contribution in [0.3, 0.4) is 0 Å². The maximum Gasteiger partial charge on any atom is 0.239 e. The number of nitrogens with two attached hydrogens (primary N) is 1. The molecule has 5 nitrogen and oxygen atoms in total. The third-order valence-corrected chi connectivity index (χ3v) is 5.98. The number of nitrogens with one attached hydrogen (secondary N) is 1. The van der Waals surface area contributed by atoms with Gasteiger partial charge in [0.25, 0.3) is 0 Å². The van der Waals surface area contributed by atoms with E-state index in [1.807, 2.05) is 11.4 Å². The molecule has 142 valence electrons. The Kier molecular flexibility index (Phi) is 5.94.